The van der Waals surface area contributed by atoms with E-state index in [0.29, 0.717) is 5.82 Å². The predicted octanol–water partition coefficient (Wildman–Crippen LogP) is 0.754. The summed E-state index contributed by atoms with van der Waals surface area (Å²) in [6.45, 7) is 2.00. The van der Waals surface area contributed by atoms with Crippen molar-refractivity contribution in [3.05, 3.63) is 23.8 Å². The molecule has 0 aliphatic carbocycles. The Kier molecular flexibility index (Phi) is 3.37. The van der Waals surface area contributed by atoms with E-state index < -0.39 is 0 Å². The smallest absolute Gasteiger partial charge is 0.313 e. The molecule has 0 N–H and O–H groups in total. The third kappa shape index (κ3) is 2.82. The number of aromatic nitrogens is 2. The predicted molar refractivity (Wildman–Crippen MR) is 47.1 cm³/mol. The van der Waals surface area contributed by atoms with E-state index in [9.17, 15) is 4.79 Å². The second kappa shape index (κ2) is 4.54. The molecule has 1 aromatic rings. The Morgan fingerprint density at radius 2 is 2.38 bits per heavy atom. The summed E-state index contributed by atoms with van der Waals surface area (Å²) in [5.74, 6) is 0.208. The quantitative estimate of drug-likeness (QED) is 0.644. The van der Waals surface area contributed by atoms with Gasteiger partial charge >= 0.3 is 5.97 Å². The number of ether oxygens (including phenoxy) is 1. The minimum Gasteiger partial charge on any atom is -0.469 e. The van der Waals surface area contributed by atoms with Crippen molar-refractivity contribution in [1.82, 2.24) is 9.97 Å². The van der Waals surface area contributed by atoms with Crippen LogP contribution in [0, 0.1) is 0 Å². The summed E-state index contributed by atoms with van der Waals surface area (Å²) in [5.41, 5.74) is 0.939. The van der Waals surface area contributed by atoms with Gasteiger partial charge < -0.3 is 4.74 Å². The largest absolute Gasteiger partial charge is 0.469 e. The minimum atomic E-state index is -0.312. The average molecular weight is 180 g/mol. The highest BCUT2D eigenvalue weighted by atomic mass is 16.5. The number of methoxy groups -OCH3 is 1. The summed E-state index contributed by atoms with van der Waals surface area (Å²) in [4.78, 5) is 19.0. The minimum absolute atomic E-state index is 0.143. The number of carbonyl (C=O) groups is 1. The Morgan fingerprint density at radius 1 is 1.62 bits per heavy atom. The number of esters is 1. The zero-order valence-corrected chi connectivity index (χ0v) is 7.78. The van der Waals surface area contributed by atoms with Crippen LogP contribution >= 0.6 is 0 Å². The molecule has 0 spiro atoms. The van der Waals surface area contributed by atoms with Crippen LogP contribution in [0.15, 0.2) is 12.3 Å². The van der Waals surface area contributed by atoms with Crippen LogP contribution in [-0.2, 0) is 22.4 Å². The molecule has 0 unspecified atom stereocenters. The first-order valence-corrected chi connectivity index (χ1v) is 4.14. The van der Waals surface area contributed by atoms with Gasteiger partial charge in [-0.2, -0.15) is 0 Å². The average Bonchev–Trinajstić information content (AvgIpc) is 2.18. The molecular weight excluding hydrogens is 168 g/mol. The van der Waals surface area contributed by atoms with E-state index in [-0.39, 0.29) is 12.4 Å². The van der Waals surface area contributed by atoms with Crippen LogP contribution in [0.3, 0.4) is 0 Å². The second-order valence-corrected chi connectivity index (χ2v) is 2.57. The molecule has 4 heteroatoms. The van der Waals surface area contributed by atoms with Crippen molar-refractivity contribution in [3.8, 4) is 0 Å². The van der Waals surface area contributed by atoms with Crippen LogP contribution in [0.25, 0.3) is 0 Å². The summed E-state index contributed by atoms with van der Waals surface area (Å²) in [7, 11) is 1.35. The molecule has 1 heterocycles. The van der Waals surface area contributed by atoms with E-state index in [1.165, 1.54) is 7.11 Å². The Balaban J connectivity index is 2.71. The number of hydrogen-bond acceptors (Lipinski definition) is 4. The highest BCUT2D eigenvalue weighted by Gasteiger charge is 2.05. The van der Waals surface area contributed by atoms with Gasteiger partial charge in [0.25, 0.3) is 0 Å². The van der Waals surface area contributed by atoms with E-state index in [0.717, 1.165) is 12.1 Å². The van der Waals surface area contributed by atoms with Gasteiger partial charge in [0.1, 0.15) is 12.2 Å². The maximum Gasteiger partial charge on any atom is 0.313 e. The van der Waals surface area contributed by atoms with Gasteiger partial charge in [-0.05, 0) is 12.5 Å². The maximum absolute atomic E-state index is 10.9. The molecular formula is C9H12N2O2. The lowest BCUT2D eigenvalue weighted by Gasteiger charge is -2.00. The lowest BCUT2D eigenvalue weighted by molar-refractivity contribution is -0.139. The first kappa shape index (κ1) is 9.64. The van der Waals surface area contributed by atoms with Gasteiger partial charge in [0.2, 0.25) is 0 Å². The van der Waals surface area contributed by atoms with E-state index in [2.05, 4.69) is 14.7 Å². The molecule has 0 aromatic carbocycles. The lowest BCUT2D eigenvalue weighted by Crippen LogP contribution is -2.08. The van der Waals surface area contributed by atoms with E-state index in [4.69, 9.17) is 0 Å². The third-order valence-corrected chi connectivity index (χ3v) is 1.66. The van der Waals surface area contributed by atoms with Crippen molar-refractivity contribution in [1.29, 1.82) is 0 Å². The van der Waals surface area contributed by atoms with Crippen molar-refractivity contribution in [2.75, 3.05) is 7.11 Å². The number of hydrogen-bond donors (Lipinski definition) is 0. The Bertz CT molecular complexity index is 299. The van der Waals surface area contributed by atoms with Crippen LogP contribution in [0.5, 0.6) is 0 Å². The summed E-state index contributed by atoms with van der Waals surface area (Å²) in [5, 5.41) is 0. The van der Waals surface area contributed by atoms with Gasteiger partial charge in [-0.25, -0.2) is 9.97 Å². The molecule has 0 atom stereocenters. The Labute approximate surface area is 77.0 Å². The topological polar surface area (TPSA) is 52.1 Å². The van der Waals surface area contributed by atoms with Crippen molar-refractivity contribution in [2.45, 2.75) is 19.8 Å². The molecule has 0 saturated carbocycles. The van der Waals surface area contributed by atoms with Crippen LogP contribution in [0.2, 0.25) is 0 Å². The molecule has 0 amide bonds. The fourth-order valence-corrected chi connectivity index (χ4v) is 0.925. The second-order valence-electron chi connectivity index (χ2n) is 2.57. The standard InChI is InChI=1S/C9H12N2O2/c1-3-7-4-5-10-8(11-7)6-9(12)13-2/h4-5H,3,6H2,1-2H3. The van der Waals surface area contributed by atoms with Gasteiger partial charge in [0.15, 0.2) is 0 Å². The zero-order chi connectivity index (χ0) is 9.68. The molecule has 70 valence electrons. The summed E-state index contributed by atoms with van der Waals surface area (Å²) in [6.07, 6.45) is 2.64. The number of nitrogens with zero attached hydrogens (tertiary/aromatic N) is 2. The molecule has 0 bridgehead atoms. The normalized spacial score (nSPS) is 9.69. The molecule has 0 fully saturated rings. The molecule has 1 aromatic heterocycles. The fourth-order valence-electron chi connectivity index (χ4n) is 0.925. The molecule has 0 aliphatic rings. The third-order valence-electron chi connectivity index (χ3n) is 1.66. The highest BCUT2D eigenvalue weighted by molar-refractivity contribution is 5.71. The van der Waals surface area contributed by atoms with Gasteiger partial charge in [-0.15, -0.1) is 0 Å². The zero-order valence-electron chi connectivity index (χ0n) is 7.78. The van der Waals surface area contributed by atoms with Crippen molar-refractivity contribution >= 4 is 5.97 Å². The van der Waals surface area contributed by atoms with Crippen molar-refractivity contribution in [2.24, 2.45) is 0 Å². The lowest BCUT2D eigenvalue weighted by atomic mass is 10.3. The number of aryl methyl sites for hydroxylation is 1. The van der Waals surface area contributed by atoms with E-state index in [1.54, 1.807) is 6.20 Å². The van der Waals surface area contributed by atoms with Crippen LogP contribution < -0.4 is 0 Å². The van der Waals surface area contributed by atoms with Crippen molar-refractivity contribution < 1.29 is 9.53 Å². The first-order chi connectivity index (χ1) is 6.26. The highest BCUT2D eigenvalue weighted by Crippen LogP contribution is 1.97. The Morgan fingerprint density at radius 3 is 3.00 bits per heavy atom. The van der Waals surface area contributed by atoms with E-state index in [1.807, 2.05) is 13.0 Å². The van der Waals surface area contributed by atoms with Crippen LogP contribution in [0.4, 0.5) is 0 Å². The van der Waals surface area contributed by atoms with Crippen molar-refractivity contribution in [3.63, 3.8) is 0 Å². The molecule has 13 heavy (non-hydrogen) atoms. The molecule has 1 rings (SSSR count). The van der Waals surface area contributed by atoms with Crippen LogP contribution in [-0.4, -0.2) is 23.0 Å². The summed E-state index contributed by atoms with van der Waals surface area (Å²) in [6, 6.07) is 1.83. The maximum atomic E-state index is 10.9. The Hall–Kier alpha value is -1.45. The fraction of sp³-hybridized carbons (Fsp3) is 0.444. The molecule has 4 nitrogen and oxygen atoms in total. The molecule has 0 saturated heterocycles. The SMILES string of the molecule is CCc1ccnc(CC(=O)OC)n1. The molecule has 0 aliphatic heterocycles. The number of carbonyl (C=O) groups excluding carboxylic acids is 1. The molecule has 0 radical (unpaired) electrons. The van der Waals surface area contributed by atoms with Gasteiger partial charge in [0.05, 0.1) is 7.11 Å². The van der Waals surface area contributed by atoms with Gasteiger partial charge in [-0.1, -0.05) is 6.92 Å². The summed E-state index contributed by atoms with van der Waals surface area (Å²) >= 11 is 0. The van der Waals surface area contributed by atoms with Crippen LogP contribution in [0.1, 0.15) is 18.4 Å². The van der Waals surface area contributed by atoms with E-state index >= 15 is 0 Å². The first-order valence-electron chi connectivity index (χ1n) is 4.14. The number of rotatable bonds is 3. The van der Waals surface area contributed by atoms with Gasteiger partial charge in [-0.3, -0.25) is 4.79 Å². The summed E-state index contributed by atoms with van der Waals surface area (Å²) < 4.78 is 4.51. The van der Waals surface area contributed by atoms with Gasteiger partial charge in [0, 0.05) is 11.9 Å². The monoisotopic (exact) mass is 180 g/mol.